The maximum absolute atomic E-state index is 2.47. The van der Waals surface area contributed by atoms with Gasteiger partial charge in [0.25, 0.3) is 0 Å². The van der Waals surface area contributed by atoms with E-state index in [0.29, 0.717) is 0 Å². The van der Waals surface area contributed by atoms with Gasteiger partial charge in [0.15, 0.2) is 0 Å². The van der Waals surface area contributed by atoms with Gasteiger partial charge in [0.1, 0.15) is 0 Å². The van der Waals surface area contributed by atoms with Crippen LogP contribution in [0.5, 0.6) is 0 Å². The lowest BCUT2D eigenvalue weighted by Crippen LogP contribution is -2.09. The van der Waals surface area contributed by atoms with Crippen molar-refractivity contribution in [2.24, 2.45) is 0 Å². The fourth-order valence-corrected chi connectivity index (χ4v) is 11.2. The Bertz CT molecular complexity index is 4220. The summed E-state index contributed by atoms with van der Waals surface area (Å²) in [6.45, 7) is 0. The quantitative estimate of drug-likeness (QED) is 0.138. The van der Waals surface area contributed by atoms with E-state index in [1.165, 1.54) is 104 Å². The van der Waals surface area contributed by atoms with Crippen LogP contribution in [0.2, 0.25) is 0 Å². The molecule has 0 unspecified atom stereocenters. The third-order valence-electron chi connectivity index (χ3n) is 14.8. The van der Waals surface area contributed by atoms with Crippen molar-refractivity contribution >= 4 is 82.0 Å². The zero-order valence-electron chi connectivity index (χ0n) is 39.5. The van der Waals surface area contributed by atoms with Crippen LogP contribution in [-0.4, -0.2) is 4.57 Å². The lowest BCUT2D eigenvalue weighted by Gasteiger charge is -2.26. The fraction of sp³-hybridized carbons (Fsp3) is 0. The topological polar surface area (TPSA) is 8.17 Å². The van der Waals surface area contributed by atoms with Crippen LogP contribution in [-0.2, 0) is 0 Å². The average Bonchev–Trinajstić information content (AvgIpc) is 3.79. The SMILES string of the molecule is c1ccc(-c2ccc(N(c3ccc(-c4ccccc4)cc3)c3ccc(-c4ccc5c(c4)c4cc(-c6ccc7ccccc7c6)ccc4n5-c4ccc5c6ccccc6c6ccccc6c5c4)cc3)cc2)cc1. The summed E-state index contributed by atoms with van der Waals surface area (Å²) in [5, 5.41) is 12.6. The normalized spacial score (nSPS) is 11.6. The molecule has 2 nitrogen and oxygen atoms in total. The number of fused-ring (bicyclic) bond motifs is 10. The van der Waals surface area contributed by atoms with Crippen molar-refractivity contribution in [1.82, 2.24) is 4.57 Å². The van der Waals surface area contributed by atoms with E-state index < -0.39 is 0 Å². The Morgan fingerprint density at radius 2 is 0.569 bits per heavy atom. The average molecular weight is 915 g/mol. The van der Waals surface area contributed by atoms with Crippen LogP contribution in [0.15, 0.2) is 279 Å². The molecule has 0 bridgehead atoms. The summed E-state index contributed by atoms with van der Waals surface area (Å²) in [6, 6.07) is 102. The van der Waals surface area contributed by atoms with Gasteiger partial charge in [-0.25, -0.2) is 0 Å². The van der Waals surface area contributed by atoms with E-state index in [1.807, 2.05) is 0 Å². The molecular formula is C70H46N2. The largest absolute Gasteiger partial charge is 0.311 e. The molecule has 0 aliphatic rings. The molecule has 0 aliphatic heterocycles. The maximum Gasteiger partial charge on any atom is 0.0541 e. The number of hydrogen-bond donors (Lipinski definition) is 0. The predicted molar refractivity (Wildman–Crippen MR) is 307 cm³/mol. The van der Waals surface area contributed by atoms with Gasteiger partial charge in [0.05, 0.1) is 11.0 Å². The zero-order chi connectivity index (χ0) is 47.5. The third kappa shape index (κ3) is 7.12. The number of anilines is 3. The minimum atomic E-state index is 1.09. The Labute approximate surface area is 418 Å². The van der Waals surface area contributed by atoms with Crippen LogP contribution in [0.4, 0.5) is 17.1 Å². The Balaban J connectivity index is 0.901. The molecule has 0 spiro atoms. The summed E-state index contributed by atoms with van der Waals surface area (Å²) in [6.07, 6.45) is 0. The summed E-state index contributed by atoms with van der Waals surface area (Å²) in [7, 11) is 0. The van der Waals surface area contributed by atoms with Crippen LogP contribution >= 0.6 is 0 Å². The van der Waals surface area contributed by atoms with E-state index in [1.54, 1.807) is 0 Å². The van der Waals surface area contributed by atoms with E-state index >= 15 is 0 Å². The monoisotopic (exact) mass is 914 g/mol. The third-order valence-corrected chi connectivity index (χ3v) is 14.8. The smallest absolute Gasteiger partial charge is 0.0541 e. The van der Waals surface area contributed by atoms with E-state index in [0.717, 1.165) is 28.3 Å². The van der Waals surface area contributed by atoms with Crippen molar-refractivity contribution in [3.8, 4) is 50.2 Å². The minimum absolute atomic E-state index is 1.09. The lowest BCUT2D eigenvalue weighted by molar-refractivity contribution is 1.19. The molecule has 1 aromatic heterocycles. The first kappa shape index (κ1) is 41.5. The van der Waals surface area contributed by atoms with E-state index in [9.17, 15) is 0 Å². The summed E-state index contributed by atoms with van der Waals surface area (Å²) < 4.78 is 2.47. The van der Waals surface area contributed by atoms with E-state index in [-0.39, 0.29) is 0 Å². The molecular weight excluding hydrogens is 869 g/mol. The summed E-state index contributed by atoms with van der Waals surface area (Å²) >= 11 is 0. The van der Waals surface area contributed by atoms with Crippen LogP contribution < -0.4 is 4.90 Å². The molecule has 0 saturated carbocycles. The molecule has 14 aromatic rings. The second-order valence-electron chi connectivity index (χ2n) is 18.9. The highest BCUT2D eigenvalue weighted by atomic mass is 15.1. The van der Waals surface area contributed by atoms with Crippen molar-refractivity contribution in [1.29, 1.82) is 0 Å². The van der Waals surface area contributed by atoms with Crippen LogP contribution in [0.25, 0.3) is 115 Å². The Morgan fingerprint density at radius 3 is 1.08 bits per heavy atom. The number of rotatable bonds is 8. The van der Waals surface area contributed by atoms with Gasteiger partial charge < -0.3 is 9.47 Å². The molecule has 0 aliphatic carbocycles. The van der Waals surface area contributed by atoms with Crippen molar-refractivity contribution < 1.29 is 0 Å². The van der Waals surface area contributed by atoms with Crippen LogP contribution in [0.3, 0.4) is 0 Å². The van der Waals surface area contributed by atoms with Gasteiger partial charge in [-0.1, -0.05) is 200 Å². The number of nitrogens with zero attached hydrogens (tertiary/aromatic N) is 2. The summed E-state index contributed by atoms with van der Waals surface area (Å²) in [4.78, 5) is 2.36. The van der Waals surface area contributed by atoms with Gasteiger partial charge in [-0.15, -0.1) is 0 Å². The highest BCUT2D eigenvalue weighted by Gasteiger charge is 2.19. The molecule has 0 radical (unpaired) electrons. The van der Waals surface area contributed by atoms with Crippen molar-refractivity contribution in [2.45, 2.75) is 0 Å². The van der Waals surface area contributed by atoms with Gasteiger partial charge >= 0.3 is 0 Å². The first-order valence-electron chi connectivity index (χ1n) is 24.8. The van der Waals surface area contributed by atoms with Crippen molar-refractivity contribution in [2.75, 3.05) is 4.90 Å². The van der Waals surface area contributed by atoms with Crippen LogP contribution in [0, 0.1) is 0 Å². The Kier molecular flexibility index (Phi) is 9.89. The molecule has 13 aromatic carbocycles. The Morgan fingerprint density at radius 1 is 0.208 bits per heavy atom. The maximum atomic E-state index is 2.47. The molecule has 72 heavy (non-hydrogen) atoms. The highest BCUT2D eigenvalue weighted by molar-refractivity contribution is 6.25. The van der Waals surface area contributed by atoms with Gasteiger partial charge in [0.2, 0.25) is 0 Å². The van der Waals surface area contributed by atoms with Gasteiger partial charge in [-0.3, -0.25) is 0 Å². The predicted octanol–water partition coefficient (Wildman–Crippen LogP) is 19.5. The first-order chi connectivity index (χ1) is 35.7. The molecule has 2 heteroatoms. The lowest BCUT2D eigenvalue weighted by atomic mass is 9.94. The number of aromatic nitrogens is 1. The van der Waals surface area contributed by atoms with Crippen molar-refractivity contribution in [3.63, 3.8) is 0 Å². The van der Waals surface area contributed by atoms with E-state index in [4.69, 9.17) is 0 Å². The summed E-state index contributed by atoms with van der Waals surface area (Å²) in [5.74, 6) is 0. The Hall–Kier alpha value is -9.50. The molecule has 0 N–H and O–H groups in total. The number of benzene rings is 13. The summed E-state index contributed by atoms with van der Waals surface area (Å²) in [5.41, 5.74) is 16.3. The van der Waals surface area contributed by atoms with Gasteiger partial charge in [-0.05, 0) is 166 Å². The van der Waals surface area contributed by atoms with Crippen molar-refractivity contribution in [3.05, 3.63) is 279 Å². The molecule has 0 fully saturated rings. The van der Waals surface area contributed by atoms with Gasteiger partial charge in [0, 0.05) is 33.5 Å². The second kappa shape index (κ2) is 17.2. The van der Waals surface area contributed by atoms with E-state index in [2.05, 4.69) is 289 Å². The molecule has 0 saturated heterocycles. The standard InChI is InChI=1S/C70H46N2/c1-3-13-47(14-4-1)50-25-33-57(34-26-50)71(58-35-27-51(28-36-58)48-15-5-2-6-16-48)59-37-29-52(30-38-59)55-31-41-69-67(44-55)68-45-56(54-24-23-49-17-7-8-18-53(49)43-54)32-42-70(68)72(69)60-39-40-65-63-21-10-9-19-61(63)62-20-11-12-22-64(62)66(65)46-60/h1-46H. The molecule has 336 valence electrons. The minimum Gasteiger partial charge on any atom is -0.311 e. The van der Waals surface area contributed by atoms with Gasteiger partial charge in [-0.2, -0.15) is 0 Å². The first-order valence-corrected chi connectivity index (χ1v) is 24.8. The second-order valence-corrected chi connectivity index (χ2v) is 18.9. The fourth-order valence-electron chi connectivity index (χ4n) is 11.2. The molecule has 14 rings (SSSR count). The molecule has 1 heterocycles. The molecule has 0 amide bonds. The molecule has 0 atom stereocenters. The number of hydrogen-bond acceptors (Lipinski definition) is 1. The zero-order valence-corrected chi connectivity index (χ0v) is 39.5. The van der Waals surface area contributed by atoms with Crippen LogP contribution in [0.1, 0.15) is 0 Å². The highest BCUT2D eigenvalue weighted by Crippen LogP contribution is 2.42.